The van der Waals surface area contributed by atoms with Gasteiger partial charge in [-0.2, -0.15) is 0 Å². The summed E-state index contributed by atoms with van der Waals surface area (Å²) in [6.45, 7) is 7.86. The number of carbonyl (C=O) groups is 2. The SMILES string of the molecule is CCOC(=O)c1sc2ncn(CC(=O)c3ccc(C(C)CC)cc3)c(=O)c2c1C. The summed E-state index contributed by atoms with van der Waals surface area (Å²) < 4.78 is 6.34. The molecule has 2 heterocycles. The first-order chi connectivity index (χ1) is 13.9. The minimum absolute atomic E-state index is 0.103. The van der Waals surface area contributed by atoms with E-state index in [1.54, 1.807) is 26.0 Å². The molecule has 29 heavy (non-hydrogen) atoms. The van der Waals surface area contributed by atoms with Crippen LogP contribution in [0.1, 0.15) is 64.3 Å². The zero-order valence-electron chi connectivity index (χ0n) is 17.0. The minimum Gasteiger partial charge on any atom is -0.462 e. The summed E-state index contributed by atoms with van der Waals surface area (Å²) in [5.74, 6) is -0.192. The molecule has 0 aliphatic rings. The Balaban J connectivity index is 1.89. The first-order valence-corrected chi connectivity index (χ1v) is 10.5. The fourth-order valence-electron chi connectivity index (χ4n) is 3.14. The van der Waals surface area contributed by atoms with E-state index in [2.05, 4.69) is 18.8 Å². The smallest absolute Gasteiger partial charge is 0.348 e. The molecule has 0 amide bonds. The van der Waals surface area contributed by atoms with Crippen molar-refractivity contribution in [3.8, 4) is 0 Å². The second kappa shape index (κ2) is 8.69. The molecule has 1 unspecified atom stereocenters. The summed E-state index contributed by atoms with van der Waals surface area (Å²) in [5, 5.41) is 0.362. The topological polar surface area (TPSA) is 78.3 Å². The third-order valence-corrected chi connectivity index (χ3v) is 6.29. The maximum Gasteiger partial charge on any atom is 0.348 e. The molecule has 0 radical (unpaired) electrons. The molecule has 1 aromatic carbocycles. The highest BCUT2D eigenvalue weighted by molar-refractivity contribution is 7.20. The maximum atomic E-state index is 12.9. The number of Topliss-reactive ketones (excluding diaryl/α,β-unsaturated/α-hetero) is 1. The van der Waals surface area contributed by atoms with E-state index in [0.29, 0.717) is 32.1 Å². The largest absolute Gasteiger partial charge is 0.462 e. The summed E-state index contributed by atoms with van der Waals surface area (Å²) in [5.41, 5.74) is 1.95. The molecular formula is C22H24N2O4S. The van der Waals surface area contributed by atoms with Gasteiger partial charge in [-0.15, -0.1) is 11.3 Å². The Morgan fingerprint density at radius 2 is 1.90 bits per heavy atom. The monoisotopic (exact) mass is 412 g/mol. The number of ketones is 1. The molecule has 7 heteroatoms. The van der Waals surface area contributed by atoms with Crippen LogP contribution in [0.5, 0.6) is 0 Å². The number of fused-ring (bicyclic) bond motifs is 1. The summed E-state index contributed by atoms with van der Waals surface area (Å²) in [7, 11) is 0. The first-order valence-electron chi connectivity index (χ1n) is 9.66. The number of thiophene rings is 1. The third-order valence-electron chi connectivity index (χ3n) is 5.11. The number of aromatic nitrogens is 2. The average molecular weight is 413 g/mol. The van der Waals surface area contributed by atoms with Gasteiger partial charge in [0.15, 0.2) is 5.78 Å². The van der Waals surface area contributed by atoms with Crippen LogP contribution < -0.4 is 5.56 Å². The Morgan fingerprint density at radius 3 is 2.52 bits per heavy atom. The molecule has 152 valence electrons. The highest BCUT2D eigenvalue weighted by Crippen LogP contribution is 2.27. The van der Waals surface area contributed by atoms with Crippen molar-refractivity contribution in [3.05, 3.63) is 62.5 Å². The van der Waals surface area contributed by atoms with Crippen LogP contribution in [0, 0.1) is 6.92 Å². The number of esters is 1. The van der Waals surface area contributed by atoms with Gasteiger partial charge >= 0.3 is 5.97 Å². The Morgan fingerprint density at radius 1 is 1.21 bits per heavy atom. The second-order valence-corrected chi connectivity index (χ2v) is 7.99. The molecule has 3 rings (SSSR count). The predicted molar refractivity (Wildman–Crippen MR) is 114 cm³/mol. The molecule has 2 aromatic heterocycles. The number of hydrogen-bond acceptors (Lipinski definition) is 6. The van der Waals surface area contributed by atoms with E-state index in [1.165, 1.54) is 16.5 Å². The number of hydrogen-bond donors (Lipinski definition) is 0. The van der Waals surface area contributed by atoms with E-state index in [9.17, 15) is 14.4 Å². The van der Waals surface area contributed by atoms with Crippen molar-refractivity contribution in [1.29, 1.82) is 0 Å². The minimum atomic E-state index is -0.462. The van der Waals surface area contributed by atoms with Crippen LogP contribution in [0.25, 0.3) is 10.2 Å². The van der Waals surface area contributed by atoms with E-state index in [0.717, 1.165) is 17.8 Å². The number of aryl methyl sites for hydroxylation is 1. The Kier molecular flexibility index (Phi) is 6.27. The van der Waals surface area contributed by atoms with Crippen molar-refractivity contribution in [2.45, 2.75) is 46.6 Å². The van der Waals surface area contributed by atoms with Gasteiger partial charge in [-0.3, -0.25) is 14.2 Å². The van der Waals surface area contributed by atoms with Gasteiger partial charge in [-0.25, -0.2) is 9.78 Å². The van der Waals surface area contributed by atoms with Crippen LogP contribution in [0.15, 0.2) is 35.4 Å². The summed E-state index contributed by atoms with van der Waals surface area (Å²) in [4.78, 5) is 42.8. The first kappa shape index (κ1) is 20.9. The van der Waals surface area contributed by atoms with E-state index < -0.39 is 5.97 Å². The summed E-state index contributed by atoms with van der Waals surface area (Å²) in [6.07, 6.45) is 2.39. The van der Waals surface area contributed by atoms with Crippen LogP contribution >= 0.6 is 11.3 Å². The fraction of sp³-hybridized carbons (Fsp3) is 0.364. The van der Waals surface area contributed by atoms with Crippen LogP contribution in [-0.2, 0) is 11.3 Å². The van der Waals surface area contributed by atoms with E-state index in [-0.39, 0.29) is 24.5 Å². The average Bonchev–Trinajstić information content (AvgIpc) is 3.07. The highest BCUT2D eigenvalue weighted by atomic mass is 32.1. The molecule has 0 N–H and O–H groups in total. The molecule has 0 aliphatic carbocycles. The molecule has 0 spiro atoms. The quantitative estimate of drug-likeness (QED) is 0.426. The molecule has 0 saturated carbocycles. The van der Waals surface area contributed by atoms with Gasteiger partial charge in [-0.1, -0.05) is 38.1 Å². The molecule has 0 fully saturated rings. The normalized spacial score (nSPS) is 12.1. The zero-order valence-corrected chi connectivity index (χ0v) is 17.8. The number of nitrogens with zero attached hydrogens (tertiary/aromatic N) is 2. The molecule has 0 saturated heterocycles. The van der Waals surface area contributed by atoms with Gasteiger partial charge in [0.05, 0.1) is 24.9 Å². The fourth-order valence-corrected chi connectivity index (χ4v) is 4.18. The van der Waals surface area contributed by atoms with Gasteiger partial charge in [0.2, 0.25) is 0 Å². The lowest BCUT2D eigenvalue weighted by Crippen LogP contribution is -2.24. The number of ether oxygens (including phenoxy) is 1. The van der Waals surface area contributed by atoms with Crippen LogP contribution in [0.4, 0.5) is 0 Å². The van der Waals surface area contributed by atoms with Crippen molar-refractivity contribution in [2.24, 2.45) is 0 Å². The van der Waals surface area contributed by atoms with Gasteiger partial charge in [0.25, 0.3) is 5.56 Å². The van der Waals surface area contributed by atoms with E-state index in [4.69, 9.17) is 4.74 Å². The zero-order chi connectivity index (χ0) is 21.1. The lowest BCUT2D eigenvalue weighted by Gasteiger charge is -2.10. The second-order valence-electron chi connectivity index (χ2n) is 6.99. The number of rotatable bonds is 7. The van der Waals surface area contributed by atoms with Crippen molar-refractivity contribution < 1.29 is 14.3 Å². The molecular weight excluding hydrogens is 388 g/mol. The summed E-state index contributed by atoms with van der Waals surface area (Å²) in [6, 6.07) is 7.52. The highest BCUT2D eigenvalue weighted by Gasteiger charge is 2.21. The lowest BCUT2D eigenvalue weighted by molar-refractivity contribution is 0.0531. The van der Waals surface area contributed by atoms with Crippen molar-refractivity contribution >= 4 is 33.3 Å². The molecule has 1 atom stereocenters. The van der Waals surface area contributed by atoms with Crippen LogP contribution in [0.2, 0.25) is 0 Å². The van der Waals surface area contributed by atoms with E-state index >= 15 is 0 Å². The predicted octanol–water partition coefficient (Wildman–Crippen LogP) is 4.34. The number of carbonyl (C=O) groups excluding carboxylic acids is 2. The van der Waals surface area contributed by atoms with E-state index in [1.807, 2.05) is 12.1 Å². The van der Waals surface area contributed by atoms with Gasteiger partial charge in [-0.05, 0) is 37.3 Å². The van der Waals surface area contributed by atoms with Gasteiger partial charge < -0.3 is 4.74 Å². The van der Waals surface area contributed by atoms with Crippen LogP contribution in [-0.4, -0.2) is 27.9 Å². The molecule has 0 aliphatic heterocycles. The molecule has 3 aromatic rings. The Bertz CT molecular complexity index is 1110. The molecule has 6 nitrogen and oxygen atoms in total. The Hall–Kier alpha value is -2.80. The maximum absolute atomic E-state index is 12.9. The summed E-state index contributed by atoms with van der Waals surface area (Å²) >= 11 is 1.13. The third kappa shape index (κ3) is 4.15. The lowest BCUT2D eigenvalue weighted by atomic mass is 9.97. The Labute approximate surface area is 173 Å². The van der Waals surface area contributed by atoms with Gasteiger partial charge in [0.1, 0.15) is 9.71 Å². The van der Waals surface area contributed by atoms with Crippen LogP contribution in [0.3, 0.4) is 0 Å². The van der Waals surface area contributed by atoms with Crippen molar-refractivity contribution in [3.63, 3.8) is 0 Å². The molecule has 0 bridgehead atoms. The standard InChI is InChI=1S/C22H24N2O4S/c1-5-13(3)15-7-9-16(10-8-15)17(25)11-24-12-23-20-18(21(24)26)14(4)19(29-20)22(27)28-6-2/h7-10,12-13H,5-6,11H2,1-4H3. The van der Waals surface area contributed by atoms with Crippen molar-refractivity contribution in [2.75, 3.05) is 6.61 Å². The number of benzene rings is 1. The van der Waals surface area contributed by atoms with Crippen molar-refractivity contribution in [1.82, 2.24) is 9.55 Å². The van der Waals surface area contributed by atoms with Gasteiger partial charge in [0, 0.05) is 5.56 Å².